The third-order valence-electron chi connectivity index (χ3n) is 2.16. The van der Waals surface area contributed by atoms with Gasteiger partial charge >= 0.3 is 6.61 Å². The highest BCUT2D eigenvalue weighted by Crippen LogP contribution is 2.30. The molecule has 20 heavy (non-hydrogen) atoms. The van der Waals surface area contributed by atoms with Crippen molar-refractivity contribution >= 4 is 19.7 Å². The van der Waals surface area contributed by atoms with Gasteiger partial charge in [0.2, 0.25) is 0 Å². The van der Waals surface area contributed by atoms with Gasteiger partial charge in [0.05, 0.1) is 5.69 Å². The van der Waals surface area contributed by atoms with E-state index in [0.717, 1.165) is 23.4 Å². The summed E-state index contributed by atoms with van der Waals surface area (Å²) in [4.78, 5) is 2.92. The molecule has 0 bridgehead atoms. The van der Waals surface area contributed by atoms with Crippen LogP contribution < -0.4 is 4.74 Å². The first kappa shape index (κ1) is 14.6. The van der Waals surface area contributed by atoms with Gasteiger partial charge in [0, 0.05) is 16.7 Å². The molecule has 0 spiro atoms. The number of benzene rings is 1. The van der Waals surface area contributed by atoms with Gasteiger partial charge in [0.25, 0.3) is 9.05 Å². The maximum absolute atomic E-state index is 13.5. The van der Waals surface area contributed by atoms with E-state index in [4.69, 9.17) is 10.7 Å². The van der Waals surface area contributed by atoms with Gasteiger partial charge < -0.3 is 4.74 Å². The molecular formula is C9H5ClF3N3O3S. The predicted molar refractivity (Wildman–Crippen MR) is 61.0 cm³/mol. The summed E-state index contributed by atoms with van der Waals surface area (Å²) in [6.07, 6.45) is 2.16. The van der Waals surface area contributed by atoms with Gasteiger partial charge in [-0.25, -0.2) is 22.5 Å². The minimum atomic E-state index is -4.33. The fourth-order valence-corrected chi connectivity index (χ4v) is 2.43. The maximum atomic E-state index is 13.5. The van der Waals surface area contributed by atoms with Gasteiger partial charge in [0.15, 0.2) is 11.6 Å². The van der Waals surface area contributed by atoms with Gasteiger partial charge in [-0.05, 0) is 6.07 Å². The molecule has 2 aromatic rings. The third-order valence-corrected chi connectivity index (χ3v) is 3.51. The van der Waals surface area contributed by atoms with E-state index in [-0.39, 0.29) is 5.69 Å². The molecule has 2 rings (SSSR count). The summed E-state index contributed by atoms with van der Waals surface area (Å²) in [7, 11) is 0.839. The van der Waals surface area contributed by atoms with Crippen LogP contribution in [0.2, 0.25) is 0 Å². The van der Waals surface area contributed by atoms with Crippen molar-refractivity contribution < 1.29 is 26.3 Å². The quantitative estimate of drug-likeness (QED) is 0.802. The van der Waals surface area contributed by atoms with E-state index < -0.39 is 32.1 Å². The lowest BCUT2D eigenvalue weighted by Gasteiger charge is -2.11. The molecule has 0 aliphatic rings. The van der Waals surface area contributed by atoms with E-state index in [1.165, 1.54) is 0 Å². The summed E-state index contributed by atoms with van der Waals surface area (Å²) in [6, 6.07) is 1.21. The lowest BCUT2D eigenvalue weighted by atomic mass is 10.3. The van der Waals surface area contributed by atoms with Crippen LogP contribution in [-0.2, 0) is 9.05 Å². The van der Waals surface area contributed by atoms with E-state index in [1.807, 2.05) is 0 Å². The van der Waals surface area contributed by atoms with Crippen LogP contribution in [-0.4, -0.2) is 29.8 Å². The Morgan fingerprint density at radius 1 is 1.35 bits per heavy atom. The predicted octanol–water partition coefficient (Wildman–Crippen LogP) is 1.94. The van der Waals surface area contributed by atoms with Crippen LogP contribution in [0.25, 0.3) is 5.69 Å². The van der Waals surface area contributed by atoms with Crippen molar-refractivity contribution in [2.75, 3.05) is 0 Å². The molecule has 0 unspecified atom stereocenters. The number of hydrogen-bond acceptors (Lipinski definition) is 5. The molecular weight excluding hydrogens is 323 g/mol. The van der Waals surface area contributed by atoms with Gasteiger partial charge in [0.1, 0.15) is 17.6 Å². The Morgan fingerprint density at radius 3 is 2.55 bits per heavy atom. The molecule has 0 N–H and O–H groups in total. The Morgan fingerprint density at radius 2 is 2.05 bits per heavy atom. The zero-order valence-corrected chi connectivity index (χ0v) is 10.9. The van der Waals surface area contributed by atoms with Crippen molar-refractivity contribution in [1.82, 2.24) is 14.8 Å². The highest BCUT2D eigenvalue weighted by Gasteiger charge is 2.23. The number of ether oxygens (including phenoxy) is 1. The van der Waals surface area contributed by atoms with E-state index in [9.17, 15) is 21.6 Å². The average Bonchev–Trinajstić information content (AvgIpc) is 2.82. The number of halogens is 4. The van der Waals surface area contributed by atoms with E-state index in [1.54, 1.807) is 0 Å². The van der Waals surface area contributed by atoms with E-state index in [0.29, 0.717) is 6.07 Å². The molecule has 1 heterocycles. The monoisotopic (exact) mass is 327 g/mol. The lowest BCUT2D eigenvalue weighted by molar-refractivity contribution is -0.0522. The molecule has 6 nitrogen and oxygen atoms in total. The second-order valence-corrected chi connectivity index (χ2v) is 5.94. The second kappa shape index (κ2) is 5.29. The summed E-state index contributed by atoms with van der Waals surface area (Å²) in [5.41, 5.74) is -0.269. The average molecular weight is 328 g/mol. The number of alkyl halides is 2. The molecule has 0 amide bonds. The summed E-state index contributed by atoms with van der Waals surface area (Å²) >= 11 is 0. The van der Waals surface area contributed by atoms with Gasteiger partial charge in [-0.2, -0.15) is 13.9 Å². The Hall–Kier alpha value is -1.81. The first-order valence-corrected chi connectivity index (χ1v) is 7.18. The van der Waals surface area contributed by atoms with Crippen molar-refractivity contribution in [2.45, 2.75) is 11.5 Å². The van der Waals surface area contributed by atoms with Crippen molar-refractivity contribution in [3.8, 4) is 11.4 Å². The molecule has 108 valence electrons. The molecule has 11 heteroatoms. The maximum Gasteiger partial charge on any atom is 0.387 e. The Kier molecular flexibility index (Phi) is 3.86. The molecule has 0 fully saturated rings. The molecule has 0 aliphatic heterocycles. The smallest absolute Gasteiger partial charge is 0.387 e. The van der Waals surface area contributed by atoms with Crippen LogP contribution in [0.15, 0.2) is 29.7 Å². The van der Waals surface area contributed by atoms with Crippen LogP contribution in [0.5, 0.6) is 5.75 Å². The Labute approximate surface area is 115 Å². The van der Waals surface area contributed by atoms with E-state index in [2.05, 4.69) is 14.8 Å². The minimum absolute atomic E-state index is 0.269. The Bertz CT molecular complexity index is 722. The van der Waals surface area contributed by atoms with Crippen LogP contribution in [0.4, 0.5) is 13.2 Å². The van der Waals surface area contributed by atoms with Crippen LogP contribution >= 0.6 is 10.7 Å². The van der Waals surface area contributed by atoms with Crippen LogP contribution in [0.3, 0.4) is 0 Å². The summed E-state index contributed by atoms with van der Waals surface area (Å²) < 4.78 is 65.5. The molecule has 0 saturated carbocycles. The van der Waals surface area contributed by atoms with Crippen molar-refractivity contribution in [1.29, 1.82) is 0 Å². The molecule has 1 aromatic carbocycles. The zero-order chi connectivity index (χ0) is 14.9. The Balaban J connectivity index is 2.67. The topological polar surface area (TPSA) is 74.1 Å². The fourth-order valence-electron chi connectivity index (χ4n) is 1.42. The number of hydrogen-bond donors (Lipinski definition) is 0. The molecule has 1 aromatic heterocycles. The summed E-state index contributed by atoms with van der Waals surface area (Å²) in [5.74, 6) is -2.14. The van der Waals surface area contributed by atoms with E-state index >= 15 is 0 Å². The molecule has 0 aliphatic carbocycles. The van der Waals surface area contributed by atoms with Gasteiger partial charge in [-0.15, -0.1) is 0 Å². The highest BCUT2D eigenvalue weighted by molar-refractivity contribution is 8.13. The first-order valence-electron chi connectivity index (χ1n) is 4.87. The van der Waals surface area contributed by atoms with Crippen molar-refractivity contribution in [2.24, 2.45) is 0 Å². The number of nitrogens with zero attached hydrogens (tertiary/aromatic N) is 3. The zero-order valence-electron chi connectivity index (χ0n) is 9.37. The van der Waals surface area contributed by atoms with Crippen molar-refractivity contribution in [3.63, 3.8) is 0 Å². The third kappa shape index (κ3) is 3.02. The van der Waals surface area contributed by atoms with Gasteiger partial charge in [-0.1, -0.05) is 0 Å². The minimum Gasteiger partial charge on any atom is -0.432 e. The first-order chi connectivity index (χ1) is 9.29. The number of rotatable bonds is 4. The molecule has 0 atom stereocenters. The SMILES string of the molecule is O=S(=O)(Cl)c1cc(F)c(OC(F)F)cc1-n1cncn1. The molecule has 0 radical (unpaired) electrons. The summed E-state index contributed by atoms with van der Waals surface area (Å²) in [5, 5.41) is 3.63. The standard InChI is InChI=1S/C9H5ClF3N3O3S/c10-20(17,18)8-1-5(11)7(19-9(12)13)2-6(8)16-4-14-3-15-16/h1-4,9H. The van der Waals surface area contributed by atoms with Gasteiger partial charge in [-0.3, -0.25) is 0 Å². The summed E-state index contributed by atoms with van der Waals surface area (Å²) in [6.45, 7) is -3.27. The van der Waals surface area contributed by atoms with Crippen LogP contribution in [0, 0.1) is 5.82 Å². The largest absolute Gasteiger partial charge is 0.432 e. The fraction of sp³-hybridized carbons (Fsp3) is 0.111. The van der Waals surface area contributed by atoms with Crippen LogP contribution in [0.1, 0.15) is 0 Å². The highest BCUT2D eigenvalue weighted by atomic mass is 35.7. The lowest BCUT2D eigenvalue weighted by Crippen LogP contribution is -2.08. The second-order valence-electron chi connectivity index (χ2n) is 3.41. The normalized spacial score (nSPS) is 11.8. The number of aromatic nitrogens is 3. The van der Waals surface area contributed by atoms with Crippen molar-refractivity contribution in [3.05, 3.63) is 30.6 Å². The molecule has 0 saturated heterocycles.